The van der Waals surface area contributed by atoms with E-state index in [9.17, 15) is 10.1 Å². The maximum absolute atomic E-state index is 12.7. The number of Topliss-reactive ketones (excluding diaryl/α,β-unsaturated/α-hetero) is 1. The molecule has 1 aromatic carbocycles. The number of ketones is 1. The largest absolute Gasteiger partial charge is 0.495 e. The third-order valence-electron chi connectivity index (χ3n) is 4.72. The van der Waals surface area contributed by atoms with E-state index >= 15 is 0 Å². The number of nitriles is 1. The number of nitrogens with zero attached hydrogens (tertiary/aromatic N) is 2. The molecule has 1 aliphatic carbocycles. The zero-order valence-corrected chi connectivity index (χ0v) is 15.4. The SMILES string of the molecule is COc1c(Cl)cc(Cl)cc1[C@H]1C(C#N)=C(N)N(C)C2=C1C(=O)CCC2. The number of nitrogens with two attached hydrogens (primary N) is 1. The molecule has 1 aromatic rings. The van der Waals surface area contributed by atoms with E-state index in [2.05, 4.69) is 6.07 Å². The molecule has 0 spiro atoms. The van der Waals surface area contributed by atoms with Gasteiger partial charge in [-0.15, -0.1) is 0 Å². The molecule has 0 bridgehead atoms. The molecule has 1 atom stereocenters. The maximum atomic E-state index is 12.7. The highest BCUT2D eigenvalue weighted by Gasteiger charge is 2.40. The van der Waals surface area contributed by atoms with Crippen LogP contribution in [0.2, 0.25) is 10.0 Å². The van der Waals surface area contributed by atoms with Crippen molar-refractivity contribution in [2.24, 2.45) is 5.73 Å². The predicted molar refractivity (Wildman–Crippen MR) is 96.2 cm³/mol. The lowest BCUT2D eigenvalue weighted by atomic mass is 9.75. The molecule has 0 unspecified atom stereocenters. The van der Waals surface area contributed by atoms with Crippen LogP contribution in [0.1, 0.15) is 30.7 Å². The first-order chi connectivity index (χ1) is 11.9. The van der Waals surface area contributed by atoms with Crippen molar-refractivity contribution in [3.05, 3.63) is 50.4 Å². The minimum atomic E-state index is -0.629. The summed E-state index contributed by atoms with van der Waals surface area (Å²) < 4.78 is 5.44. The van der Waals surface area contributed by atoms with Crippen LogP contribution in [0.25, 0.3) is 0 Å². The van der Waals surface area contributed by atoms with Gasteiger partial charge in [-0.25, -0.2) is 0 Å². The Morgan fingerprint density at radius 1 is 1.36 bits per heavy atom. The fraction of sp³-hybridized carbons (Fsp3) is 0.333. The highest BCUT2D eigenvalue weighted by Crippen LogP contribution is 2.48. The number of ether oxygens (including phenoxy) is 1. The maximum Gasteiger partial charge on any atom is 0.161 e. The van der Waals surface area contributed by atoms with Crippen molar-refractivity contribution >= 4 is 29.0 Å². The minimum Gasteiger partial charge on any atom is -0.495 e. The fourth-order valence-electron chi connectivity index (χ4n) is 3.58. The van der Waals surface area contributed by atoms with Crippen LogP contribution in [-0.4, -0.2) is 24.8 Å². The Morgan fingerprint density at radius 3 is 2.72 bits per heavy atom. The molecule has 130 valence electrons. The van der Waals surface area contributed by atoms with Crippen molar-refractivity contribution in [1.82, 2.24) is 4.90 Å². The predicted octanol–water partition coefficient (Wildman–Crippen LogP) is 3.73. The van der Waals surface area contributed by atoms with Crippen molar-refractivity contribution in [2.75, 3.05) is 14.2 Å². The average molecular weight is 378 g/mol. The average Bonchev–Trinajstić information content (AvgIpc) is 2.57. The van der Waals surface area contributed by atoms with Crippen LogP contribution < -0.4 is 10.5 Å². The van der Waals surface area contributed by atoms with Crippen molar-refractivity contribution in [1.29, 1.82) is 5.26 Å². The summed E-state index contributed by atoms with van der Waals surface area (Å²) in [7, 11) is 3.27. The number of hydrogen-bond donors (Lipinski definition) is 1. The summed E-state index contributed by atoms with van der Waals surface area (Å²) in [6.45, 7) is 0. The third kappa shape index (κ3) is 2.76. The van der Waals surface area contributed by atoms with Gasteiger partial charge in [0.1, 0.15) is 11.6 Å². The van der Waals surface area contributed by atoms with E-state index in [-0.39, 0.29) is 5.78 Å². The Hall–Kier alpha value is -2.16. The van der Waals surface area contributed by atoms with Crippen LogP contribution >= 0.6 is 23.2 Å². The third-order valence-corrected chi connectivity index (χ3v) is 5.22. The van der Waals surface area contributed by atoms with Crippen molar-refractivity contribution < 1.29 is 9.53 Å². The Bertz CT molecular complexity index is 868. The molecule has 0 fully saturated rings. The van der Waals surface area contributed by atoms with Gasteiger partial charge in [0.2, 0.25) is 0 Å². The Labute approximate surface area is 156 Å². The molecule has 1 aliphatic heterocycles. The van der Waals surface area contributed by atoms with Crippen LogP contribution in [-0.2, 0) is 4.79 Å². The molecule has 25 heavy (non-hydrogen) atoms. The molecule has 3 rings (SSSR count). The van der Waals surface area contributed by atoms with E-state index in [0.29, 0.717) is 44.7 Å². The highest BCUT2D eigenvalue weighted by molar-refractivity contribution is 6.35. The van der Waals surface area contributed by atoms with E-state index in [1.807, 2.05) is 0 Å². The quantitative estimate of drug-likeness (QED) is 0.848. The molecule has 0 amide bonds. The standard InChI is InChI=1S/C18H17Cl2N3O2/c1-23-13-4-3-5-14(24)16(13)15(11(8-21)18(23)22)10-6-9(19)7-12(20)17(10)25-2/h6-7,15H,3-5,22H2,1-2H3/t15-/m0/s1. The van der Waals surface area contributed by atoms with Gasteiger partial charge in [0.25, 0.3) is 0 Å². The molecule has 0 saturated heterocycles. The van der Waals surface area contributed by atoms with Crippen LogP contribution in [0, 0.1) is 11.3 Å². The lowest BCUT2D eigenvalue weighted by Gasteiger charge is -2.38. The smallest absolute Gasteiger partial charge is 0.161 e. The van der Waals surface area contributed by atoms with Gasteiger partial charge in [-0.2, -0.15) is 5.26 Å². The zero-order chi connectivity index (χ0) is 18.3. The summed E-state index contributed by atoms with van der Waals surface area (Å²) in [5.41, 5.74) is 8.51. The Morgan fingerprint density at radius 2 is 2.08 bits per heavy atom. The monoisotopic (exact) mass is 377 g/mol. The topological polar surface area (TPSA) is 79.3 Å². The lowest BCUT2D eigenvalue weighted by Crippen LogP contribution is -2.36. The number of rotatable bonds is 2. The summed E-state index contributed by atoms with van der Waals surface area (Å²) in [6.07, 6.45) is 1.93. The summed E-state index contributed by atoms with van der Waals surface area (Å²) in [6, 6.07) is 5.41. The molecule has 0 aromatic heterocycles. The van der Waals surface area contributed by atoms with E-state index in [1.165, 1.54) is 7.11 Å². The number of benzene rings is 1. The van der Waals surface area contributed by atoms with Gasteiger partial charge < -0.3 is 15.4 Å². The number of carbonyl (C=O) groups is 1. The summed E-state index contributed by atoms with van der Waals surface area (Å²) >= 11 is 12.5. The second kappa shape index (κ2) is 6.62. The van der Waals surface area contributed by atoms with Gasteiger partial charge in [-0.05, 0) is 25.0 Å². The van der Waals surface area contributed by atoms with E-state index in [4.69, 9.17) is 33.7 Å². The number of carbonyl (C=O) groups excluding carboxylic acids is 1. The number of allylic oxidation sites excluding steroid dienone is 3. The fourth-order valence-corrected chi connectivity index (χ4v) is 4.17. The minimum absolute atomic E-state index is 0.0106. The van der Waals surface area contributed by atoms with Crippen molar-refractivity contribution in [3.63, 3.8) is 0 Å². The van der Waals surface area contributed by atoms with Crippen LogP contribution in [0.4, 0.5) is 0 Å². The summed E-state index contributed by atoms with van der Waals surface area (Å²) in [4.78, 5) is 14.5. The lowest BCUT2D eigenvalue weighted by molar-refractivity contribution is -0.116. The molecule has 1 heterocycles. The Balaban J connectivity index is 2.34. The molecule has 7 heteroatoms. The normalized spacial score (nSPS) is 20.5. The van der Waals surface area contributed by atoms with Gasteiger partial charge in [-0.3, -0.25) is 4.79 Å². The Kier molecular flexibility index (Phi) is 4.68. The number of methoxy groups -OCH3 is 1. The first kappa shape index (κ1) is 17.7. The molecule has 2 aliphatic rings. The van der Waals surface area contributed by atoms with Crippen molar-refractivity contribution in [2.45, 2.75) is 25.2 Å². The van der Waals surface area contributed by atoms with Gasteiger partial charge >= 0.3 is 0 Å². The molecule has 0 saturated carbocycles. The van der Waals surface area contributed by atoms with Gasteiger partial charge in [0.15, 0.2) is 5.78 Å². The van der Waals surface area contributed by atoms with Gasteiger partial charge in [-0.1, -0.05) is 23.2 Å². The first-order valence-corrected chi connectivity index (χ1v) is 8.58. The molecular weight excluding hydrogens is 361 g/mol. The molecule has 2 N–H and O–H groups in total. The summed E-state index contributed by atoms with van der Waals surface area (Å²) in [5, 5.41) is 10.5. The second-order valence-electron chi connectivity index (χ2n) is 6.05. The van der Waals surface area contributed by atoms with Crippen LogP contribution in [0.3, 0.4) is 0 Å². The molecule has 5 nitrogen and oxygen atoms in total. The van der Waals surface area contributed by atoms with Gasteiger partial charge in [0, 0.05) is 35.3 Å². The zero-order valence-electron chi connectivity index (χ0n) is 13.9. The first-order valence-electron chi connectivity index (χ1n) is 7.83. The van der Waals surface area contributed by atoms with E-state index < -0.39 is 5.92 Å². The molecule has 0 radical (unpaired) electrons. The molecular formula is C18H17Cl2N3O2. The number of hydrogen-bond acceptors (Lipinski definition) is 5. The van der Waals surface area contributed by atoms with Gasteiger partial charge in [0.05, 0.1) is 29.7 Å². The summed E-state index contributed by atoms with van der Waals surface area (Å²) in [5.74, 6) is 0.108. The number of halogens is 2. The van der Waals surface area contributed by atoms with E-state index in [0.717, 1.165) is 18.5 Å². The van der Waals surface area contributed by atoms with Crippen molar-refractivity contribution in [3.8, 4) is 11.8 Å². The van der Waals surface area contributed by atoms with E-state index in [1.54, 1.807) is 24.1 Å². The van der Waals surface area contributed by atoms with Crippen LogP contribution in [0.5, 0.6) is 5.75 Å². The van der Waals surface area contributed by atoms with Crippen LogP contribution in [0.15, 0.2) is 34.8 Å². The second-order valence-corrected chi connectivity index (χ2v) is 6.89. The highest BCUT2D eigenvalue weighted by atomic mass is 35.5.